The molecule has 1 atom stereocenters. The van der Waals surface area contributed by atoms with Gasteiger partial charge in [-0.25, -0.2) is 0 Å². The van der Waals surface area contributed by atoms with E-state index in [0.29, 0.717) is 18.7 Å². The summed E-state index contributed by atoms with van der Waals surface area (Å²) in [6, 6.07) is 9.75. The molecule has 0 fully saturated rings. The van der Waals surface area contributed by atoms with Crippen LogP contribution in [-0.2, 0) is 7.05 Å². The molecule has 1 amide bonds. The van der Waals surface area contributed by atoms with Crippen molar-refractivity contribution in [3.8, 4) is 0 Å². The highest BCUT2D eigenvalue weighted by Gasteiger charge is 2.13. The van der Waals surface area contributed by atoms with Crippen LogP contribution in [0.2, 0.25) is 0 Å². The van der Waals surface area contributed by atoms with Gasteiger partial charge < -0.3 is 15.0 Å². The molecule has 2 N–H and O–H groups in total. The second-order valence-electron chi connectivity index (χ2n) is 4.80. The molecular formula is C15H20N2O2. The molecule has 2 rings (SSSR count). The Morgan fingerprint density at radius 1 is 1.42 bits per heavy atom. The number of aromatic nitrogens is 1. The zero-order chi connectivity index (χ0) is 13.8. The number of benzene rings is 1. The van der Waals surface area contributed by atoms with Gasteiger partial charge in [0.2, 0.25) is 0 Å². The summed E-state index contributed by atoms with van der Waals surface area (Å²) in [7, 11) is 1.87. The standard InChI is InChI=1S/C15H20N2O2/c1-3-6-12(18)10-16-15(19)14-9-11-7-4-5-8-13(11)17(14)2/h4-5,7-9,12,18H,3,6,10H2,1-2H3,(H,16,19). The molecule has 4 nitrogen and oxygen atoms in total. The second-order valence-corrected chi connectivity index (χ2v) is 4.80. The first-order valence-corrected chi connectivity index (χ1v) is 6.64. The van der Waals surface area contributed by atoms with Crippen molar-refractivity contribution < 1.29 is 9.90 Å². The summed E-state index contributed by atoms with van der Waals surface area (Å²) in [4.78, 5) is 12.1. The molecule has 1 unspecified atom stereocenters. The SMILES string of the molecule is CCCC(O)CNC(=O)c1cc2ccccc2n1C. The number of para-hydroxylation sites is 1. The molecule has 0 radical (unpaired) electrons. The second kappa shape index (κ2) is 5.89. The zero-order valence-corrected chi connectivity index (χ0v) is 11.4. The van der Waals surface area contributed by atoms with Gasteiger partial charge in [0.1, 0.15) is 5.69 Å². The van der Waals surface area contributed by atoms with Crippen LogP contribution in [-0.4, -0.2) is 28.2 Å². The van der Waals surface area contributed by atoms with Crippen molar-refractivity contribution in [2.45, 2.75) is 25.9 Å². The molecule has 2 aromatic rings. The first-order valence-electron chi connectivity index (χ1n) is 6.64. The third-order valence-corrected chi connectivity index (χ3v) is 3.30. The maximum atomic E-state index is 12.1. The fourth-order valence-electron chi connectivity index (χ4n) is 2.24. The van der Waals surface area contributed by atoms with Gasteiger partial charge in [0.05, 0.1) is 6.10 Å². The van der Waals surface area contributed by atoms with Crippen molar-refractivity contribution in [1.29, 1.82) is 0 Å². The molecular weight excluding hydrogens is 240 g/mol. The molecule has 4 heteroatoms. The van der Waals surface area contributed by atoms with Gasteiger partial charge in [-0.3, -0.25) is 4.79 Å². The molecule has 0 bridgehead atoms. The fraction of sp³-hybridized carbons (Fsp3) is 0.400. The molecule has 0 saturated heterocycles. The lowest BCUT2D eigenvalue weighted by Crippen LogP contribution is -2.32. The number of aliphatic hydroxyl groups excluding tert-OH is 1. The first-order chi connectivity index (χ1) is 9.13. The van der Waals surface area contributed by atoms with Crippen LogP contribution in [0.15, 0.2) is 30.3 Å². The molecule has 1 heterocycles. The van der Waals surface area contributed by atoms with E-state index in [0.717, 1.165) is 17.3 Å². The van der Waals surface area contributed by atoms with Crippen molar-refractivity contribution in [2.24, 2.45) is 7.05 Å². The Morgan fingerprint density at radius 2 is 2.16 bits per heavy atom. The largest absolute Gasteiger partial charge is 0.391 e. The summed E-state index contributed by atoms with van der Waals surface area (Å²) < 4.78 is 1.87. The molecule has 0 aliphatic rings. The van der Waals surface area contributed by atoms with E-state index >= 15 is 0 Å². The van der Waals surface area contributed by atoms with Crippen LogP contribution in [0.25, 0.3) is 10.9 Å². The van der Waals surface area contributed by atoms with Crippen LogP contribution in [0.5, 0.6) is 0 Å². The topological polar surface area (TPSA) is 54.3 Å². The summed E-state index contributed by atoms with van der Waals surface area (Å²) >= 11 is 0. The summed E-state index contributed by atoms with van der Waals surface area (Å²) in [6.45, 7) is 2.31. The van der Waals surface area contributed by atoms with Crippen LogP contribution in [0.1, 0.15) is 30.3 Å². The molecule has 19 heavy (non-hydrogen) atoms. The van der Waals surface area contributed by atoms with Crippen molar-refractivity contribution in [3.63, 3.8) is 0 Å². The third-order valence-electron chi connectivity index (χ3n) is 3.30. The lowest BCUT2D eigenvalue weighted by molar-refractivity contribution is 0.0902. The smallest absolute Gasteiger partial charge is 0.268 e. The molecule has 0 spiro atoms. The Labute approximate surface area is 113 Å². The first kappa shape index (κ1) is 13.6. The highest BCUT2D eigenvalue weighted by atomic mass is 16.3. The third kappa shape index (κ3) is 2.96. The number of fused-ring (bicyclic) bond motifs is 1. The van der Waals surface area contributed by atoms with Gasteiger partial charge in [-0.2, -0.15) is 0 Å². The molecule has 0 aliphatic carbocycles. The lowest BCUT2D eigenvalue weighted by Gasteiger charge is -2.11. The van der Waals surface area contributed by atoms with Gasteiger partial charge in [0, 0.05) is 24.5 Å². The van der Waals surface area contributed by atoms with Gasteiger partial charge in [-0.1, -0.05) is 31.5 Å². The Hall–Kier alpha value is -1.81. The number of carbonyl (C=O) groups is 1. The number of hydrogen-bond acceptors (Lipinski definition) is 2. The van der Waals surface area contributed by atoms with Crippen molar-refractivity contribution in [2.75, 3.05) is 6.54 Å². The van der Waals surface area contributed by atoms with E-state index in [9.17, 15) is 9.90 Å². The number of aliphatic hydroxyl groups is 1. The fourth-order valence-corrected chi connectivity index (χ4v) is 2.24. The summed E-state index contributed by atoms with van der Waals surface area (Å²) in [6.07, 6.45) is 1.14. The predicted octanol–water partition coefficient (Wildman–Crippen LogP) is 2.07. The van der Waals surface area contributed by atoms with Gasteiger partial charge in [0.25, 0.3) is 5.91 Å². The normalized spacial score (nSPS) is 12.6. The van der Waals surface area contributed by atoms with Gasteiger partial charge in [-0.05, 0) is 18.6 Å². The van der Waals surface area contributed by atoms with E-state index in [-0.39, 0.29) is 5.91 Å². The number of amides is 1. The average Bonchev–Trinajstić information content (AvgIpc) is 2.74. The molecule has 102 valence electrons. The van der Waals surface area contributed by atoms with Crippen molar-refractivity contribution in [3.05, 3.63) is 36.0 Å². The Kier molecular flexibility index (Phi) is 4.22. The van der Waals surface area contributed by atoms with Gasteiger partial charge >= 0.3 is 0 Å². The highest BCUT2D eigenvalue weighted by molar-refractivity contribution is 5.98. The minimum atomic E-state index is -0.469. The van der Waals surface area contributed by atoms with E-state index in [2.05, 4.69) is 5.32 Å². The predicted molar refractivity (Wildman–Crippen MR) is 76.2 cm³/mol. The van der Waals surface area contributed by atoms with E-state index in [1.807, 2.05) is 48.9 Å². The average molecular weight is 260 g/mol. The van der Waals surface area contributed by atoms with Gasteiger partial charge in [0.15, 0.2) is 0 Å². The molecule has 0 aliphatic heterocycles. The number of nitrogens with one attached hydrogen (secondary N) is 1. The Morgan fingerprint density at radius 3 is 2.84 bits per heavy atom. The lowest BCUT2D eigenvalue weighted by atomic mass is 10.2. The number of rotatable bonds is 5. The Balaban J connectivity index is 2.11. The van der Waals surface area contributed by atoms with Crippen LogP contribution >= 0.6 is 0 Å². The number of aryl methyl sites for hydroxylation is 1. The molecule has 1 aromatic carbocycles. The minimum absolute atomic E-state index is 0.145. The van der Waals surface area contributed by atoms with Crippen LogP contribution in [0.3, 0.4) is 0 Å². The highest BCUT2D eigenvalue weighted by Crippen LogP contribution is 2.18. The summed E-state index contributed by atoms with van der Waals surface area (Å²) in [5.74, 6) is -0.145. The van der Waals surface area contributed by atoms with E-state index in [4.69, 9.17) is 0 Å². The summed E-state index contributed by atoms with van der Waals surface area (Å²) in [5.41, 5.74) is 1.65. The number of hydrogen-bond donors (Lipinski definition) is 2. The zero-order valence-electron chi connectivity index (χ0n) is 11.4. The van der Waals surface area contributed by atoms with Crippen molar-refractivity contribution >= 4 is 16.8 Å². The monoisotopic (exact) mass is 260 g/mol. The van der Waals surface area contributed by atoms with Crippen LogP contribution in [0.4, 0.5) is 0 Å². The van der Waals surface area contributed by atoms with E-state index in [1.165, 1.54) is 0 Å². The van der Waals surface area contributed by atoms with E-state index in [1.54, 1.807) is 0 Å². The number of nitrogens with zero attached hydrogens (tertiary/aromatic N) is 1. The Bertz CT molecular complexity index is 575. The summed E-state index contributed by atoms with van der Waals surface area (Å²) in [5, 5.41) is 13.5. The maximum absolute atomic E-state index is 12.1. The maximum Gasteiger partial charge on any atom is 0.268 e. The van der Waals surface area contributed by atoms with Crippen molar-refractivity contribution in [1.82, 2.24) is 9.88 Å². The quantitative estimate of drug-likeness (QED) is 0.864. The number of carbonyl (C=O) groups excluding carboxylic acids is 1. The van der Waals surface area contributed by atoms with Crippen LogP contribution in [0, 0.1) is 0 Å². The molecule has 1 aromatic heterocycles. The van der Waals surface area contributed by atoms with E-state index < -0.39 is 6.10 Å². The molecule has 0 saturated carbocycles. The minimum Gasteiger partial charge on any atom is -0.391 e. The van der Waals surface area contributed by atoms with Gasteiger partial charge in [-0.15, -0.1) is 0 Å². The van der Waals surface area contributed by atoms with Crippen LogP contribution < -0.4 is 5.32 Å².